The molecule has 0 bridgehead atoms. The first-order valence-electron chi connectivity index (χ1n) is 6.94. The summed E-state index contributed by atoms with van der Waals surface area (Å²) in [7, 11) is 1.37. The van der Waals surface area contributed by atoms with E-state index in [1.54, 1.807) is 4.90 Å². The summed E-state index contributed by atoms with van der Waals surface area (Å²) in [5.41, 5.74) is -0.465. The second-order valence-electron chi connectivity index (χ2n) is 6.15. The Morgan fingerprint density at radius 2 is 2.05 bits per heavy atom. The molecular weight excluding hydrogens is 258 g/mol. The molecule has 0 radical (unpaired) electrons. The summed E-state index contributed by atoms with van der Waals surface area (Å²) in [6, 6.07) is 0. The Balaban J connectivity index is 2.57. The molecular formula is C15H25NO4. The van der Waals surface area contributed by atoms with Gasteiger partial charge in [0.15, 0.2) is 0 Å². The van der Waals surface area contributed by atoms with Crippen molar-refractivity contribution in [2.24, 2.45) is 11.8 Å². The predicted octanol–water partition coefficient (Wildman–Crippen LogP) is 2.61. The smallest absolute Gasteiger partial charge is 0.409 e. The van der Waals surface area contributed by atoms with Gasteiger partial charge in [-0.25, -0.2) is 4.79 Å². The third-order valence-corrected chi connectivity index (χ3v) is 3.39. The van der Waals surface area contributed by atoms with Crippen LogP contribution in [0.5, 0.6) is 0 Å². The highest BCUT2D eigenvalue weighted by Crippen LogP contribution is 2.28. The lowest BCUT2D eigenvalue weighted by Gasteiger charge is -2.36. The van der Waals surface area contributed by atoms with Crippen LogP contribution in [0.1, 0.15) is 33.6 Å². The van der Waals surface area contributed by atoms with Crippen LogP contribution < -0.4 is 0 Å². The van der Waals surface area contributed by atoms with Crippen molar-refractivity contribution < 1.29 is 19.1 Å². The van der Waals surface area contributed by atoms with E-state index in [4.69, 9.17) is 9.47 Å². The number of amides is 1. The lowest BCUT2D eigenvalue weighted by atomic mass is 9.83. The number of hydrogen-bond acceptors (Lipinski definition) is 4. The summed E-state index contributed by atoms with van der Waals surface area (Å²) in [4.78, 5) is 25.1. The molecule has 1 rings (SSSR count). The van der Waals surface area contributed by atoms with Gasteiger partial charge < -0.3 is 14.4 Å². The van der Waals surface area contributed by atoms with E-state index in [0.717, 1.165) is 6.42 Å². The van der Waals surface area contributed by atoms with Gasteiger partial charge in [0, 0.05) is 19.5 Å². The largest absolute Gasteiger partial charge is 0.460 e. The summed E-state index contributed by atoms with van der Waals surface area (Å²) >= 11 is 0. The van der Waals surface area contributed by atoms with E-state index in [1.165, 1.54) is 7.11 Å². The van der Waals surface area contributed by atoms with E-state index in [1.807, 2.05) is 26.8 Å². The first kappa shape index (κ1) is 16.5. The second-order valence-corrected chi connectivity index (χ2v) is 6.15. The van der Waals surface area contributed by atoms with Gasteiger partial charge in [0.25, 0.3) is 0 Å². The molecule has 0 saturated carbocycles. The van der Waals surface area contributed by atoms with Crippen molar-refractivity contribution in [3.8, 4) is 0 Å². The number of piperidine rings is 1. The van der Waals surface area contributed by atoms with E-state index in [0.29, 0.717) is 19.5 Å². The summed E-state index contributed by atoms with van der Waals surface area (Å²) < 4.78 is 10.1. The van der Waals surface area contributed by atoms with Crippen LogP contribution in [-0.2, 0) is 14.3 Å². The molecule has 0 aromatic heterocycles. The van der Waals surface area contributed by atoms with Crippen molar-refractivity contribution in [3.63, 3.8) is 0 Å². The van der Waals surface area contributed by atoms with Gasteiger partial charge in [-0.3, -0.25) is 4.79 Å². The summed E-state index contributed by atoms with van der Waals surface area (Å²) in [5.74, 6) is 0.0690. The number of ether oxygens (including phenoxy) is 2. The standard InChI is InChI=1S/C15H25NO4/c1-6-11-10-16(14(18)19-5)8-7-12(11)9-13(17)20-15(2,3)4/h6,11-12H,1,7-10H2,2-5H3/t11-,12-/m0/s1. The molecule has 0 aromatic carbocycles. The van der Waals surface area contributed by atoms with Gasteiger partial charge in [0.05, 0.1) is 7.11 Å². The van der Waals surface area contributed by atoms with E-state index in [-0.39, 0.29) is 23.9 Å². The van der Waals surface area contributed by atoms with Crippen molar-refractivity contribution in [2.45, 2.75) is 39.2 Å². The molecule has 0 unspecified atom stereocenters. The minimum Gasteiger partial charge on any atom is -0.460 e. The quantitative estimate of drug-likeness (QED) is 0.590. The topological polar surface area (TPSA) is 55.8 Å². The molecule has 1 aliphatic heterocycles. The van der Waals surface area contributed by atoms with Crippen LogP contribution in [0.3, 0.4) is 0 Å². The maximum Gasteiger partial charge on any atom is 0.409 e. The minimum atomic E-state index is -0.465. The molecule has 1 saturated heterocycles. The summed E-state index contributed by atoms with van der Waals surface area (Å²) in [5, 5.41) is 0. The Morgan fingerprint density at radius 1 is 1.40 bits per heavy atom. The fourth-order valence-electron chi connectivity index (χ4n) is 2.44. The highest BCUT2D eigenvalue weighted by atomic mass is 16.6. The van der Waals surface area contributed by atoms with Gasteiger partial charge in [-0.1, -0.05) is 6.08 Å². The maximum absolute atomic E-state index is 11.9. The Hall–Kier alpha value is -1.52. The average molecular weight is 283 g/mol. The van der Waals surface area contributed by atoms with E-state index < -0.39 is 5.60 Å². The monoisotopic (exact) mass is 283 g/mol. The lowest BCUT2D eigenvalue weighted by molar-refractivity contribution is -0.156. The lowest BCUT2D eigenvalue weighted by Crippen LogP contribution is -2.44. The molecule has 1 amide bonds. The van der Waals surface area contributed by atoms with Gasteiger partial charge in [-0.2, -0.15) is 0 Å². The van der Waals surface area contributed by atoms with Crippen LogP contribution in [0.15, 0.2) is 12.7 Å². The Morgan fingerprint density at radius 3 is 2.55 bits per heavy atom. The van der Waals surface area contributed by atoms with Gasteiger partial charge in [0.1, 0.15) is 5.60 Å². The van der Waals surface area contributed by atoms with Crippen molar-refractivity contribution in [3.05, 3.63) is 12.7 Å². The molecule has 20 heavy (non-hydrogen) atoms. The van der Waals surface area contributed by atoms with Gasteiger partial charge in [0.2, 0.25) is 0 Å². The summed E-state index contributed by atoms with van der Waals surface area (Å²) in [6.45, 7) is 10.5. The number of carbonyl (C=O) groups excluding carboxylic acids is 2. The first-order valence-corrected chi connectivity index (χ1v) is 6.94. The SMILES string of the molecule is C=C[C@H]1CN(C(=O)OC)CC[C@H]1CC(=O)OC(C)(C)C. The normalized spacial score (nSPS) is 23.1. The molecule has 1 fully saturated rings. The van der Waals surface area contributed by atoms with E-state index in [2.05, 4.69) is 6.58 Å². The second kappa shape index (κ2) is 6.77. The fraction of sp³-hybridized carbons (Fsp3) is 0.733. The molecule has 2 atom stereocenters. The van der Waals surface area contributed by atoms with Crippen LogP contribution >= 0.6 is 0 Å². The van der Waals surface area contributed by atoms with Crippen molar-refractivity contribution in [2.75, 3.05) is 20.2 Å². The fourth-order valence-corrected chi connectivity index (χ4v) is 2.44. The molecule has 5 nitrogen and oxygen atoms in total. The first-order chi connectivity index (χ1) is 9.26. The molecule has 0 aliphatic carbocycles. The number of hydrogen-bond donors (Lipinski definition) is 0. The number of nitrogens with zero attached hydrogens (tertiary/aromatic N) is 1. The Bertz CT molecular complexity index is 373. The number of methoxy groups -OCH3 is 1. The zero-order chi connectivity index (χ0) is 15.3. The van der Waals surface area contributed by atoms with Crippen LogP contribution in [0.25, 0.3) is 0 Å². The van der Waals surface area contributed by atoms with Gasteiger partial charge >= 0.3 is 12.1 Å². The Labute approximate surface area is 120 Å². The molecule has 5 heteroatoms. The number of rotatable bonds is 3. The minimum absolute atomic E-state index is 0.0929. The molecule has 0 spiro atoms. The van der Waals surface area contributed by atoms with Gasteiger partial charge in [-0.15, -0.1) is 6.58 Å². The van der Waals surface area contributed by atoms with E-state index in [9.17, 15) is 9.59 Å². The van der Waals surface area contributed by atoms with Gasteiger partial charge in [-0.05, 0) is 39.0 Å². The van der Waals surface area contributed by atoms with Crippen molar-refractivity contribution in [1.82, 2.24) is 4.90 Å². The van der Waals surface area contributed by atoms with Crippen LogP contribution in [-0.4, -0.2) is 42.8 Å². The average Bonchev–Trinajstić information content (AvgIpc) is 2.36. The highest BCUT2D eigenvalue weighted by Gasteiger charge is 2.32. The van der Waals surface area contributed by atoms with Crippen LogP contribution in [0.2, 0.25) is 0 Å². The highest BCUT2D eigenvalue weighted by molar-refractivity contribution is 5.70. The molecule has 0 aromatic rings. The molecule has 114 valence electrons. The zero-order valence-corrected chi connectivity index (χ0v) is 12.8. The number of carbonyl (C=O) groups is 2. The van der Waals surface area contributed by atoms with Crippen LogP contribution in [0, 0.1) is 11.8 Å². The third kappa shape index (κ3) is 4.87. The predicted molar refractivity (Wildman–Crippen MR) is 76.2 cm³/mol. The van der Waals surface area contributed by atoms with Crippen molar-refractivity contribution in [1.29, 1.82) is 0 Å². The third-order valence-electron chi connectivity index (χ3n) is 3.39. The van der Waals surface area contributed by atoms with Crippen LogP contribution in [0.4, 0.5) is 4.79 Å². The molecule has 0 N–H and O–H groups in total. The Kier molecular flexibility index (Phi) is 5.60. The van der Waals surface area contributed by atoms with E-state index >= 15 is 0 Å². The zero-order valence-electron chi connectivity index (χ0n) is 12.8. The number of likely N-dealkylation sites (tertiary alicyclic amines) is 1. The molecule has 1 aliphatic rings. The number of esters is 1. The van der Waals surface area contributed by atoms with Crippen molar-refractivity contribution >= 4 is 12.1 Å². The maximum atomic E-state index is 11.9. The molecule has 1 heterocycles. The summed E-state index contributed by atoms with van der Waals surface area (Å²) in [6.07, 6.45) is 2.60.